The summed E-state index contributed by atoms with van der Waals surface area (Å²) in [7, 11) is 0. The van der Waals surface area contributed by atoms with Gasteiger partial charge in [-0.2, -0.15) is 4.98 Å². The second kappa shape index (κ2) is 6.49. The Morgan fingerprint density at radius 2 is 2.30 bits per heavy atom. The number of carbonyl (C=O) groups excluding carboxylic acids is 1. The van der Waals surface area contributed by atoms with Gasteiger partial charge in [-0.1, -0.05) is 6.92 Å². The molecule has 0 saturated carbocycles. The minimum absolute atomic E-state index is 0.0184. The first-order valence-electron chi connectivity index (χ1n) is 6.32. The molecule has 0 saturated heterocycles. The monoisotopic (exact) mass is 295 g/mol. The van der Waals surface area contributed by atoms with Gasteiger partial charge in [0.1, 0.15) is 16.8 Å². The SMILES string of the molecule is CCCNc1nc(NCC(O)C(N)=O)c2ccsc2n1. The molecule has 2 aromatic rings. The highest BCUT2D eigenvalue weighted by Crippen LogP contribution is 2.26. The van der Waals surface area contributed by atoms with Crippen LogP contribution in [-0.2, 0) is 4.79 Å². The highest BCUT2D eigenvalue weighted by atomic mass is 32.1. The summed E-state index contributed by atoms with van der Waals surface area (Å²) < 4.78 is 0. The molecule has 7 nitrogen and oxygen atoms in total. The Bertz CT molecular complexity index is 601. The van der Waals surface area contributed by atoms with Crippen molar-refractivity contribution < 1.29 is 9.90 Å². The number of aromatic nitrogens is 2. The quantitative estimate of drug-likeness (QED) is 0.600. The number of aliphatic hydroxyl groups is 1. The molecule has 20 heavy (non-hydrogen) atoms. The van der Waals surface area contributed by atoms with Gasteiger partial charge in [0.05, 0.1) is 11.9 Å². The molecule has 2 rings (SSSR count). The predicted molar refractivity (Wildman–Crippen MR) is 79.9 cm³/mol. The molecule has 108 valence electrons. The van der Waals surface area contributed by atoms with Gasteiger partial charge in [0, 0.05) is 6.54 Å². The number of nitrogens with two attached hydrogens (primary N) is 1. The fourth-order valence-corrected chi connectivity index (χ4v) is 2.36. The van der Waals surface area contributed by atoms with E-state index in [-0.39, 0.29) is 6.54 Å². The summed E-state index contributed by atoms with van der Waals surface area (Å²) in [5.41, 5.74) is 5.02. The van der Waals surface area contributed by atoms with E-state index in [4.69, 9.17) is 5.73 Å². The summed E-state index contributed by atoms with van der Waals surface area (Å²) in [6.07, 6.45) is -0.277. The van der Waals surface area contributed by atoms with Crippen LogP contribution < -0.4 is 16.4 Å². The number of fused-ring (bicyclic) bond motifs is 1. The number of primary amides is 1. The maximum atomic E-state index is 10.8. The minimum atomic E-state index is -1.24. The van der Waals surface area contributed by atoms with Crippen molar-refractivity contribution in [3.63, 3.8) is 0 Å². The highest BCUT2D eigenvalue weighted by molar-refractivity contribution is 7.16. The number of nitrogens with one attached hydrogen (secondary N) is 2. The molecule has 5 N–H and O–H groups in total. The van der Waals surface area contributed by atoms with Crippen molar-refractivity contribution in [3.05, 3.63) is 11.4 Å². The smallest absolute Gasteiger partial charge is 0.248 e. The lowest BCUT2D eigenvalue weighted by Crippen LogP contribution is -2.34. The van der Waals surface area contributed by atoms with Crippen molar-refractivity contribution in [2.75, 3.05) is 23.7 Å². The Hall–Kier alpha value is -1.93. The Balaban J connectivity index is 2.21. The summed E-state index contributed by atoms with van der Waals surface area (Å²) in [5, 5.41) is 18.3. The van der Waals surface area contributed by atoms with Crippen molar-refractivity contribution in [1.82, 2.24) is 9.97 Å². The summed E-state index contributed by atoms with van der Waals surface area (Å²) in [4.78, 5) is 20.4. The maximum absolute atomic E-state index is 10.8. The lowest BCUT2D eigenvalue weighted by Gasteiger charge is -2.11. The normalized spacial score (nSPS) is 12.3. The third-order valence-electron chi connectivity index (χ3n) is 2.65. The first-order chi connectivity index (χ1) is 9.61. The van der Waals surface area contributed by atoms with Gasteiger partial charge in [-0.15, -0.1) is 11.3 Å². The second-order valence-corrected chi connectivity index (χ2v) is 5.16. The van der Waals surface area contributed by atoms with Crippen LogP contribution in [0.2, 0.25) is 0 Å². The number of anilines is 2. The average molecular weight is 295 g/mol. The summed E-state index contributed by atoms with van der Waals surface area (Å²) in [5.74, 6) is 0.338. The Kier molecular flexibility index (Phi) is 4.70. The molecule has 2 heterocycles. The third kappa shape index (κ3) is 3.34. The van der Waals surface area contributed by atoms with E-state index in [0.29, 0.717) is 11.8 Å². The largest absolute Gasteiger partial charge is 0.381 e. The van der Waals surface area contributed by atoms with Gasteiger partial charge in [0.2, 0.25) is 11.9 Å². The number of amides is 1. The minimum Gasteiger partial charge on any atom is -0.381 e. The van der Waals surface area contributed by atoms with E-state index >= 15 is 0 Å². The molecule has 0 aliphatic carbocycles. The van der Waals surface area contributed by atoms with Gasteiger partial charge < -0.3 is 21.5 Å². The standard InChI is InChI=1S/C12H17N5O2S/c1-2-4-14-12-16-10(15-6-8(18)9(13)19)7-3-5-20-11(7)17-12/h3,5,8,18H,2,4,6H2,1H3,(H2,13,19)(H2,14,15,16,17). The number of hydrogen-bond acceptors (Lipinski definition) is 7. The topological polar surface area (TPSA) is 113 Å². The number of hydrogen-bond donors (Lipinski definition) is 4. The Morgan fingerprint density at radius 1 is 1.50 bits per heavy atom. The summed E-state index contributed by atoms with van der Waals surface area (Å²) in [6, 6.07) is 1.89. The number of carbonyl (C=O) groups is 1. The van der Waals surface area contributed by atoms with Gasteiger partial charge in [0.15, 0.2) is 0 Å². The van der Waals surface area contributed by atoms with Gasteiger partial charge in [-0.25, -0.2) is 4.98 Å². The molecule has 0 aromatic carbocycles. The molecule has 0 spiro atoms. The molecule has 0 aliphatic heterocycles. The molecule has 1 unspecified atom stereocenters. The lowest BCUT2D eigenvalue weighted by molar-refractivity contribution is -0.125. The van der Waals surface area contributed by atoms with E-state index < -0.39 is 12.0 Å². The van der Waals surface area contributed by atoms with Gasteiger partial charge in [-0.3, -0.25) is 4.79 Å². The van der Waals surface area contributed by atoms with E-state index in [0.717, 1.165) is 23.2 Å². The molecule has 2 aromatic heterocycles. The third-order valence-corrected chi connectivity index (χ3v) is 3.46. The van der Waals surface area contributed by atoms with Crippen LogP contribution in [-0.4, -0.2) is 40.2 Å². The molecular weight excluding hydrogens is 278 g/mol. The molecule has 0 bridgehead atoms. The van der Waals surface area contributed by atoms with E-state index in [1.807, 2.05) is 11.4 Å². The zero-order chi connectivity index (χ0) is 14.5. The lowest BCUT2D eigenvalue weighted by atomic mass is 10.3. The van der Waals surface area contributed by atoms with E-state index in [1.165, 1.54) is 11.3 Å². The fraction of sp³-hybridized carbons (Fsp3) is 0.417. The van der Waals surface area contributed by atoms with Crippen LogP contribution >= 0.6 is 11.3 Å². The number of nitrogens with zero attached hydrogens (tertiary/aromatic N) is 2. The number of aliphatic hydroxyl groups excluding tert-OH is 1. The van der Waals surface area contributed by atoms with Crippen molar-refractivity contribution in [2.45, 2.75) is 19.4 Å². The van der Waals surface area contributed by atoms with Crippen LogP contribution in [0.4, 0.5) is 11.8 Å². The van der Waals surface area contributed by atoms with Crippen LogP contribution in [0.1, 0.15) is 13.3 Å². The van der Waals surface area contributed by atoms with Crippen LogP contribution in [0, 0.1) is 0 Å². The van der Waals surface area contributed by atoms with Crippen molar-refractivity contribution in [3.8, 4) is 0 Å². The van der Waals surface area contributed by atoms with E-state index in [1.54, 1.807) is 0 Å². The molecule has 1 atom stereocenters. The van der Waals surface area contributed by atoms with Crippen molar-refractivity contribution in [2.24, 2.45) is 5.73 Å². The number of thiophene rings is 1. The van der Waals surface area contributed by atoms with Crippen molar-refractivity contribution >= 4 is 39.2 Å². The average Bonchev–Trinajstić information content (AvgIpc) is 2.90. The summed E-state index contributed by atoms with van der Waals surface area (Å²) >= 11 is 1.50. The second-order valence-electron chi connectivity index (χ2n) is 4.26. The van der Waals surface area contributed by atoms with Crippen LogP contribution in [0.3, 0.4) is 0 Å². The highest BCUT2D eigenvalue weighted by Gasteiger charge is 2.13. The molecule has 1 amide bonds. The molecule has 0 fully saturated rings. The van der Waals surface area contributed by atoms with Gasteiger partial charge >= 0.3 is 0 Å². The molecule has 8 heteroatoms. The maximum Gasteiger partial charge on any atom is 0.248 e. The number of rotatable bonds is 7. The fourth-order valence-electron chi connectivity index (χ4n) is 1.60. The first-order valence-corrected chi connectivity index (χ1v) is 7.20. The predicted octanol–water partition coefficient (Wildman–Crippen LogP) is 0.771. The van der Waals surface area contributed by atoms with E-state index in [9.17, 15) is 9.90 Å². The first kappa shape index (κ1) is 14.5. The molecule has 0 radical (unpaired) electrons. The van der Waals surface area contributed by atoms with E-state index in [2.05, 4.69) is 27.5 Å². The Morgan fingerprint density at radius 3 is 3.00 bits per heavy atom. The van der Waals surface area contributed by atoms with Crippen LogP contribution in [0.15, 0.2) is 11.4 Å². The van der Waals surface area contributed by atoms with Gasteiger partial charge in [-0.05, 0) is 17.9 Å². The zero-order valence-electron chi connectivity index (χ0n) is 11.1. The van der Waals surface area contributed by atoms with Crippen molar-refractivity contribution in [1.29, 1.82) is 0 Å². The zero-order valence-corrected chi connectivity index (χ0v) is 11.9. The van der Waals surface area contributed by atoms with Gasteiger partial charge in [0.25, 0.3) is 0 Å². The molecular formula is C12H17N5O2S. The Labute approximate surface area is 120 Å². The van der Waals surface area contributed by atoms with Crippen LogP contribution in [0.5, 0.6) is 0 Å². The van der Waals surface area contributed by atoms with Crippen LogP contribution in [0.25, 0.3) is 10.2 Å². The summed E-state index contributed by atoms with van der Waals surface area (Å²) in [6.45, 7) is 2.85. The molecule has 0 aliphatic rings.